The van der Waals surface area contributed by atoms with Crippen LogP contribution >= 0.6 is 0 Å². The number of nitrogens with two attached hydrogens (primary N) is 1. The predicted molar refractivity (Wildman–Crippen MR) is 73.9 cm³/mol. The summed E-state index contributed by atoms with van der Waals surface area (Å²) in [6.45, 7) is 6.06. The number of likely N-dealkylation sites (tertiary alicyclic amines) is 1. The minimum atomic E-state index is 0.0344. The average Bonchev–Trinajstić information content (AvgIpc) is 2.38. The first-order valence-corrected chi connectivity index (χ1v) is 6.75. The van der Waals surface area contributed by atoms with Crippen molar-refractivity contribution in [2.24, 2.45) is 0 Å². The Morgan fingerprint density at radius 3 is 2.74 bits per heavy atom. The number of hydrogen-bond donors (Lipinski definition) is 1. The molecule has 104 valence electrons. The molecule has 19 heavy (non-hydrogen) atoms. The van der Waals surface area contributed by atoms with Crippen LogP contribution in [0.2, 0.25) is 0 Å². The van der Waals surface area contributed by atoms with Crippen LogP contribution in [-0.4, -0.2) is 41.6 Å². The third kappa shape index (κ3) is 3.44. The normalized spacial score (nSPS) is 16.6. The molecule has 2 heterocycles. The SMILES string of the molecule is CCOC1CCN(C(=O)c2cc(C)nc(N)c2)CC1. The number of nitrogen functional groups attached to an aromatic ring is 1. The van der Waals surface area contributed by atoms with Crippen LogP contribution in [0.25, 0.3) is 0 Å². The van der Waals surface area contributed by atoms with Gasteiger partial charge in [0.1, 0.15) is 5.82 Å². The van der Waals surface area contributed by atoms with E-state index in [4.69, 9.17) is 10.5 Å². The molecule has 5 nitrogen and oxygen atoms in total. The molecule has 0 spiro atoms. The fourth-order valence-electron chi connectivity index (χ4n) is 2.46. The number of rotatable bonds is 3. The molecule has 1 amide bonds. The molecule has 5 heteroatoms. The highest BCUT2D eigenvalue weighted by atomic mass is 16.5. The van der Waals surface area contributed by atoms with E-state index in [2.05, 4.69) is 4.98 Å². The van der Waals surface area contributed by atoms with Crippen molar-refractivity contribution in [1.82, 2.24) is 9.88 Å². The summed E-state index contributed by atoms with van der Waals surface area (Å²) in [5.74, 6) is 0.430. The zero-order valence-corrected chi connectivity index (χ0v) is 11.6. The zero-order chi connectivity index (χ0) is 13.8. The second kappa shape index (κ2) is 6.02. The summed E-state index contributed by atoms with van der Waals surface area (Å²) in [7, 11) is 0. The van der Waals surface area contributed by atoms with Gasteiger partial charge in [-0.3, -0.25) is 4.79 Å². The Hall–Kier alpha value is -1.62. The molecule has 0 saturated carbocycles. The molecule has 1 saturated heterocycles. The van der Waals surface area contributed by atoms with E-state index in [1.165, 1.54) is 0 Å². The number of carbonyl (C=O) groups excluding carboxylic acids is 1. The highest BCUT2D eigenvalue weighted by molar-refractivity contribution is 5.95. The number of aromatic nitrogens is 1. The van der Waals surface area contributed by atoms with E-state index >= 15 is 0 Å². The number of piperidine rings is 1. The van der Waals surface area contributed by atoms with Crippen LogP contribution in [0, 0.1) is 6.92 Å². The van der Waals surface area contributed by atoms with Gasteiger partial charge in [-0.2, -0.15) is 0 Å². The van der Waals surface area contributed by atoms with Crippen molar-refractivity contribution in [3.05, 3.63) is 23.4 Å². The van der Waals surface area contributed by atoms with E-state index in [-0.39, 0.29) is 5.91 Å². The monoisotopic (exact) mass is 263 g/mol. The van der Waals surface area contributed by atoms with Gasteiger partial charge in [0.2, 0.25) is 0 Å². The van der Waals surface area contributed by atoms with Crippen LogP contribution in [0.15, 0.2) is 12.1 Å². The van der Waals surface area contributed by atoms with Crippen molar-refractivity contribution in [3.8, 4) is 0 Å². The summed E-state index contributed by atoms with van der Waals surface area (Å²) < 4.78 is 5.59. The fourth-order valence-corrected chi connectivity index (χ4v) is 2.46. The number of carbonyl (C=O) groups is 1. The van der Waals surface area contributed by atoms with E-state index in [1.54, 1.807) is 12.1 Å². The first kappa shape index (κ1) is 13.8. The van der Waals surface area contributed by atoms with E-state index in [1.807, 2.05) is 18.7 Å². The van der Waals surface area contributed by atoms with E-state index in [9.17, 15) is 4.79 Å². The standard InChI is InChI=1S/C14H21N3O2/c1-3-19-12-4-6-17(7-5-12)14(18)11-8-10(2)16-13(15)9-11/h8-9,12H,3-7H2,1-2H3,(H2,15,16). The molecule has 2 rings (SSSR count). The maximum atomic E-state index is 12.4. The van der Waals surface area contributed by atoms with Crippen molar-refractivity contribution >= 4 is 11.7 Å². The molecule has 0 radical (unpaired) electrons. The number of nitrogens with zero attached hydrogens (tertiary/aromatic N) is 2. The molecule has 1 aliphatic heterocycles. The van der Waals surface area contributed by atoms with Gasteiger partial charge in [0.05, 0.1) is 6.10 Å². The maximum absolute atomic E-state index is 12.4. The molecule has 2 N–H and O–H groups in total. The fraction of sp³-hybridized carbons (Fsp3) is 0.571. The number of aryl methyl sites for hydroxylation is 1. The number of hydrogen-bond acceptors (Lipinski definition) is 4. The van der Waals surface area contributed by atoms with E-state index in [0.717, 1.165) is 38.2 Å². The zero-order valence-electron chi connectivity index (χ0n) is 11.6. The van der Waals surface area contributed by atoms with Crippen LogP contribution in [0.5, 0.6) is 0 Å². The summed E-state index contributed by atoms with van der Waals surface area (Å²) in [5, 5.41) is 0. The number of ether oxygens (including phenoxy) is 1. The summed E-state index contributed by atoms with van der Waals surface area (Å²) >= 11 is 0. The van der Waals surface area contributed by atoms with Crippen LogP contribution in [0.4, 0.5) is 5.82 Å². The lowest BCUT2D eigenvalue weighted by Gasteiger charge is -2.31. The van der Waals surface area contributed by atoms with Gasteiger partial charge < -0.3 is 15.4 Å². The second-order valence-electron chi connectivity index (χ2n) is 4.87. The smallest absolute Gasteiger partial charge is 0.254 e. The second-order valence-corrected chi connectivity index (χ2v) is 4.87. The molecule has 1 aromatic rings. The Balaban J connectivity index is 2.01. The summed E-state index contributed by atoms with van der Waals surface area (Å²) in [6, 6.07) is 3.43. The van der Waals surface area contributed by atoms with Gasteiger partial charge in [-0.05, 0) is 38.8 Å². The van der Waals surface area contributed by atoms with E-state index in [0.29, 0.717) is 17.5 Å². The Bertz CT molecular complexity index is 434. The lowest BCUT2D eigenvalue weighted by Crippen LogP contribution is -2.41. The highest BCUT2D eigenvalue weighted by Gasteiger charge is 2.24. The minimum Gasteiger partial charge on any atom is -0.384 e. The van der Waals surface area contributed by atoms with E-state index < -0.39 is 0 Å². The Morgan fingerprint density at radius 2 is 2.16 bits per heavy atom. The number of amides is 1. The van der Waals surface area contributed by atoms with Gasteiger partial charge in [-0.1, -0.05) is 0 Å². The molecule has 0 aromatic carbocycles. The van der Waals surface area contributed by atoms with Crippen molar-refractivity contribution in [2.45, 2.75) is 32.8 Å². The molecule has 0 aliphatic carbocycles. The van der Waals surface area contributed by atoms with Gasteiger partial charge in [0, 0.05) is 31.0 Å². The minimum absolute atomic E-state index is 0.0344. The summed E-state index contributed by atoms with van der Waals surface area (Å²) in [4.78, 5) is 18.3. The van der Waals surface area contributed by atoms with Gasteiger partial charge in [-0.25, -0.2) is 4.98 Å². The topological polar surface area (TPSA) is 68.5 Å². The van der Waals surface area contributed by atoms with Crippen LogP contribution in [0.3, 0.4) is 0 Å². The van der Waals surface area contributed by atoms with Gasteiger partial charge in [-0.15, -0.1) is 0 Å². The Morgan fingerprint density at radius 1 is 1.47 bits per heavy atom. The summed E-state index contributed by atoms with van der Waals surface area (Å²) in [6.07, 6.45) is 2.09. The van der Waals surface area contributed by atoms with Crippen molar-refractivity contribution in [2.75, 3.05) is 25.4 Å². The van der Waals surface area contributed by atoms with Gasteiger partial charge >= 0.3 is 0 Å². The van der Waals surface area contributed by atoms with Crippen molar-refractivity contribution in [1.29, 1.82) is 0 Å². The number of pyridine rings is 1. The van der Waals surface area contributed by atoms with Gasteiger partial charge in [0.25, 0.3) is 5.91 Å². The van der Waals surface area contributed by atoms with Gasteiger partial charge in [0.15, 0.2) is 0 Å². The molecule has 1 aliphatic rings. The summed E-state index contributed by atoms with van der Waals surface area (Å²) in [5.41, 5.74) is 7.08. The predicted octanol–water partition coefficient (Wildman–Crippen LogP) is 1.61. The maximum Gasteiger partial charge on any atom is 0.254 e. The molecule has 0 bridgehead atoms. The third-order valence-corrected chi connectivity index (χ3v) is 3.35. The molecule has 1 aromatic heterocycles. The third-order valence-electron chi connectivity index (χ3n) is 3.35. The molecular weight excluding hydrogens is 242 g/mol. The molecule has 0 unspecified atom stereocenters. The largest absolute Gasteiger partial charge is 0.384 e. The Kier molecular flexibility index (Phi) is 4.37. The van der Waals surface area contributed by atoms with Crippen LogP contribution in [0.1, 0.15) is 35.8 Å². The number of anilines is 1. The average molecular weight is 263 g/mol. The van der Waals surface area contributed by atoms with Crippen LogP contribution in [-0.2, 0) is 4.74 Å². The molecule has 1 fully saturated rings. The first-order valence-electron chi connectivity index (χ1n) is 6.75. The lowest BCUT2D eigenvalue weighted by molar-refractivity contribution is 0.0146. The van der Waals surface area contributed by atoms with Crippen molar-refractivity contribution in [3.63, 3.8) is 0 Å². The molecular formula is C14H21N3O2. The van der Waals surface area contributed by atoms with Crippen molar-refractivity contribution < 1.29 is 9.53 Å². The molecule has 0 atom stereocenters. The lowest BCUT2D eigenvalue weighted by atomic mass is 10.1. The highest BCUT2D eigenvalue weighted by Crippen LogP contribution is 2.17. The Labute approximate surface area is 113 Å². The van der Waals surface area contributed by atoms with Crippen LogP contribution < -0.4 is 5.73 Å². The quantitative estimate of drug-likeness (QED) is 0.899. The first-order chi connectivity index (χ1) is 9.10.